The third-order valence-corrected chi connectivity index (χ3v) is 2.94. The Morgan fingerprint density at radius 1 is 1.60 bits per heavy atom. The number of piperazine rings is 1. The second-order valence-electron chi connectivity index (χ2n) is 4.12. The molecule has 86 valence electrons. The minimum absolute atomic E-state index is 0.261. The number of carboxylic acid groups (broad SMARTS) is 1. The maximum Gasteiger partial charge on any atom is 0.303 e. The fourth-order valence-corrected chi connectivity index (χ4v) is 1.96. The highest BCUT2D eigenvalue weighted by molar-refractivity contribution is 5.66. The van der Waals surface area contributed by atoms with Crippen LogP contribution >= 0.6 is 0 Å². The summed E-state index contributed by atoms with van der Waals surface area (Å²) in [7, 11) is 2.07. The minimum atomic E-state index is -0.704. The van der Waals surface area contributed by atoms with E-state index in [0.717, 1.165) is 32.6 Å². The molecule has 1 saturated heterocycles. The molecule has 1 rings (SSSR count). The number of aliphatic carboxylic acids is 1. The molecule has 1 fully saturated rings. The van der Waals surface area contributed by atoms with Crippen LogP contribution in [0.25, 0.3) is 0 Å². The number of likely N-dealkylation sites (N-methyl/N-ethyl adjacent to an activating group) is 1. The lowest BCUT2D eigenvalue weighted by atomic mass is 10.1. The molecule has 1 aliphatic heterocycles. The lowest BCUT2D eigenvalue weighted by Crippen LogP contribution is -2.51. The summed E-state index contributed by atoms with van der Waals surface area (Å²) in [6, 6.07) is 0.370. The second-order valence-corrected chi connectivity index (χ2v) is 4.12. The van der Waals surface area contributed by atoms with Crippen molar-refractivity contribution < 1.29 is 9.90 Å². The Morgan fingerprint density at radius 3 is 2.93 bits per heavy atom. The van der Waals surface area contributed by atoms with E-state index in [1.54, 1.807) is 0 Å². The van der Waals surface area contributed by atoms with E-state index >= 15 is 0 Å². The van der Waals surface area contributed by atoms with Crippen molar-refractivity contribution in [3.63, 3.8) is 0 Å². The van der Waals surface area contributed by atoms with Gasteiger partial charge in [0.25, 0.3) is 0 Å². The average molecular weight is 212 g/mol. The van der Waals surface area contributed by atoms with E-state index < -0.39 is 5.97 Å². The van der Waals surface area contributed by atoms with Gasteiger partial charge in [-0.25, -0.2) is 0 Å². The molecule has 1 atom stereocenters. The van der Waals surface area contributed by atoms with E-state index in [9.17, 15) is 4.79 Å². The van der Waals surface area contributed by atoms with Gasteiger partial charge in [-0.1, -0.05) is 6.08 Å². The van der Waals surface area contributed by atoms with Crippen molar-refractivity contribution >= 4 is 5.97 Å². The number of rotatable bonds is 5. The highest BCUT2D eigenvalue weighted by Crippen LogP contribution is 2.12. The Hall–Kier alpha value is -0.870. The molecule has 1 unspecified atom stereocenters. The van der Waals surface area contributed by atoms with E-state index in [1.165, 1.54) is 0 Å². The fourth-order valence-electron chi connectivity index (χ4n) is 1.96. The van der Waals surface area contributed by atoms with Gasteiger partial charge in [-0.05, 0) is 13.5 Å². The zero-order valence-electron chi connectivity index (χ0n) is 9.35. The number of carbonyl (C=O) groups is 1. The van der Waals surface area contributed by atoms with Gasteiger partial charge in [0.05, 0.1) is 0 Å². The van der Waals surface area contributed by atoms with Crippen molar-refractivity contribution in [2.45, 2.75) is 18.9 Å². The van der Waals surface area contributed by atoms with Crippen LogP contribution in [0.3, 0.4) is 0 Å². The molecule has 1 N–H and O–H groups in total. The van der Waals surface area contributed by atoms with Crippen molar-refractivity contribution in [1.82, 2.24) is 9.80 Å². The van der Waals surface area contributed by atoms with E-state index in [-0.39, 0.29) is 6.42 Å². The van der Waals surface area contributed by atoms with Crippen LogP contribution in [0.1, 0.15) is 12.8 Å². The van der Waals surface area contributed by atoms with Gasteiger partial charge in [0.15, 0.2) is 0 Å². The Bertz CT molecular complexity index is 231. The SMILES string of the molecule is C=CCN1CCN(C)C(CCC(=O)O)C1. The third-order valence-electron chi connectivity index (χ3n) is 2.94. The number of nitrogens with zero attached hydrogens (tertiary/aromatic N) is 2. The molecule has 0 radical (unpaired) electrons. The van der Waals surface area contributed by atoms with Gasteiger partial charge in [-0.2, -0.15) is 0 Å². The van der Waals surface area contributed by atoms with Crippen LogP contribution in [0.15, 0.2) is 12.7 Å². The van der Waals surface area contributed by atoms with E-state index in [1.807, 2.05) is 6.08 Å². The molecule has 1 heterocycles. The first-order valence-corrected chi connectivity index (χ1v) is 5.38. The maximum atomic E-state index is 10.5. The van der Waals surface area contributed by atoms with Crippen LogP contribution in [-0.4, -0.2) is 60.1 Å². The second kappa shape index (κ2) is 5.88. The predicted octanol–water partition coefficient (Wildman–Crippen LogP) is 0.653. The van der Waals surface area contributed by atoms with Gasteiger partial charge >= 0.3 is 5.97 Å². The summed E-state index contributed by atoms with van der Waals surface area (Å²) in [5.74, 6) is -0.704. The van der Waals surface area contributed by atoms with E-state index in [0.29, 0.717) is 6.04 Å². The van der Waals surface area contributed by atoms with Gasteiger partial charge in [0.2, 0.25) is 0 Å². The van der Waals surface area contributed by atoms with Crippen molar-refractivity contribution in [2.24, 2.45) is 0 Å². The quantitative estimate of drug-likeness (QED) is 0.680. The summed E-state index contributed by atoms with van der Waals surface area (Å²) in [5, 5.41) is 8.65. The molecule has 0 aromatic carbocycles. The van der Waals surface area contributed by atoms with Crippen molar-refractivity contribution in [3.05, 3.63) is 12.7 Å². The highest BCUT2D eigenvalue weighted by Gasteiger charge is 2.23. The molecule has 4 heteroatoms. The van der Waals surface area contributed by atoms with Crippen molar-refractivity contribution in [1.29, 1.82) is 0 Å². The molecule has 0 amide bonds. The van der Waals surface area contributed by atoms with Crippen LogP contribution in [0.5, 0.6) is 0 Å². The predicted molar refractivity (Wildman–Crippen MR) is 59.9 cm³/mol. The maximum absolute atomic E-state index is 10.5. The van der Waals surface area contributed by atoms with Gasteiger partial charge in [-0.15, -0.1) is 6.58 Å². The molecule has 15 heavy (non-hydrogen) atoms. The Labute approximate surface area is 91.2 Å². The van der Waals surface area contributed by atoms with E-state index in [2.05, 4.69) is 23.4 Å². The van der Waals surface area contributed by atoms with Crippen molar-refractivity contribution in [3.8, 4) is 0 Å². The Balaban J connectivity index is 2.38. The fraction of sp³-hybridized carbons (Fsp3) is 0.727. The molecule has 0 aliphatic carbocycles. The zero-order valence-corrected chi connectivity index (χ0v) is 9.35. The minimum Gasteiger partial charge on any atom is -0.481 e. The molecular formula is C11H20N2O2. The highest BCUT2D eigenvalue weighted by atomic mass is 16.4. The summed E-state index contributed by atoms with van der Waals surface area (Å²) >= 11 is 0. The molecular weight excluding hydrogens is 192 g/mol. The largest absolute Gasteiger partial charge is 0.481 e. The lowest BCUT2D eigenvalue weighted by Gasteiger charge is -2.39. The average Bonchev–Trinajstić information content (AvgIpc) is 2.19. The Kier molecular flexibility index (Phi) is 4.78. The summed E-state index contributed by atoms with van der Waals surface area (Å²) in [5.41, 5.74) is 0. The van der Waals surface area contributed by atoms with Crippen LogP contribution in [0.2, 0.25) is 0 Å². The molecule has 0 spiro atoms. The zero-order chi connectivity index (χ0) is 11.3. The number of carboxylic acids is 1. The smallest absolute Gasteiger partial charge is 0.303 e. The van der Waals surface area contributed by atoms with Gasteiger partial charge in [0, 0.05) is 38.6 Å². The first kappa shape index (κ1) is 12.2. The summed E-state index contributed by atoms with van der Waals surface area (Å²) in [6.45, 7) is 7.64. The normalized spacial score (nSPS) is 23.9. The Morgan fingerprint density at radius 2 is 2.33 bits per heavy atom. The van der Waals surface area contributed by atoms with Crippen LogP contribution in [0.4, 0.5) is 0 Å². The number of hydrogen-bond donors (Lipinski definition) is 1. The summed E-state index contributed by atoms with van der Waals surface area (Å²) in [6.07, 6.45) is 2.90. The first-order valence-electron chi connectivity index (χ1n) is 5.38. The van der Waals surface area contributed by atoms with Gasteiger partial charge in [-0.3, -0.25) is 9.69 Å². The van der Waals surface area contributed by atoms with E-state index in [4.69, 9.17) is 5.11 Å². The first-order chi connectivity index (χ1) is 7.13. The molecule has 0 bridgehead atoms. The standard InChI is InChI=1S/C11H20N2O2/c1-3-6-13-8-7-12(2)10(9-13)4-5-11(14)15/h3,10H,1,4-9H2,2H3,(H,14,15). The van der Waals surface area contributed by atoms with Gasteiger partial charge < -0.3 is 10.0 Å². The summed E-state index contributed by atoms with van der Waals surface area (Å²) in [4.78, 5) is 15.1. The monoisotopic (exact) mass is 212 g/mol. The lowest BCUT2D eigenvalue weighted by molar-refractivity contribution is -0.137. The van der Waals surface area contributed by atoms with Crippen LogP contribution in [0, 0.1) is 0 Å². The molecule has 0 aromatic heterocycles. The molecule has 0 saturated carbocycles. The van der Waals surface area contributed by atoms with Crippen LogP contribution < -0.4 is 0 Å². The van der Waals surface area contributed by atoms with Crippen LogP contribution in [-0.2, 0) is 4.79 Å². The molecule has 1 aliphatic rings. The molecule has 0 aromatic rings. The van der Waals surface area contributed by atoms with Crippen molar-refractivity contribution in [2.75, 3.05) is 33.2 Å². The number of hydrogen-bond acceptors (Lipinski definition) is 3. The summed E-state index contributed by atoms with van der Waals surface area (Å²) < 4.78 is 0. The topological polar surface area (TPSA) is 43.8 Å². The third kappa shape index (κ3) is 4.01. The molecule has 4 nitrogen and oxygen atoms in total. The van der Waals surface area contributed by atoms with Gasteiger partial charge in [0.1, 0.15) is 0 Å².